The maximum absolute atomic E-state index is 9.69. The van der Waals surface area contributed by atoms with Gasteiger partial charge in [0.05, 0.1) is 0 Å². The number of carboxylic acid groups (broad SMARTS) is 2. The van der Waals surface area contributed by atoms with Crippen molar-refractivity contribution < 1.29 is 33.4 Å². The molecule has 7 heteroatoms. The van der Waals surface area contributed by atoms with Crippen LogP contribution < -0.4 is 0 Å². The molecule has 0 heterocycles. The Morgan fingerprint density at radius 3 is 1.00 bits per heavy atom. The molecule has 0 unspecified atom stereocenters. The van der Waals surface area contributed by atoms with Crippen LogP contribution in [0.15, 0.2) is 25.3 Å². The van der Waals surface area contributed by atoms with Crippen molar-refractivity contribution in [2.24, 2.45) is 0 Å². The van der Waals surface area contributed by atoms with Crippen LogP contribution in [0.5, 0.6) is 0 Å². The lowest BCUT2D eigenvalue weighted by Crippen LogP contribution is -1.82. The average molecular weight is 210 g/mol. The Kier molecular flexibility index (Phi) is 17.3. The predicted molar refractivity (Wildman–Crippen MR) is 43.3 cm³/mol. The fourth-order valence-electron chi connectivity index (χ4n) is 0. The number of halogens is 2. The molecule has 0 aromatic carbocycles. The highest BCUT2D eigenvalue weighted by atomic mass is 19.3. The minimum Gasteiger partial charge on any atom is -0.478 e. The first kappa shape index (κ1) is 17.9. The van der Waals surface area contributed by atoms with E-state index in [0.717, 1.165) is 12.2 Å². The Labute approximate surface area is 78.0 Å². The lowest BCUT2D eigenvalue weighted by Gasteiger charge is -1.64. The summed E-state index contributed by atoms with van der Waals surface area (Å²) < 4.78 is 19.4. The normalized spacial score (nSPS) is 6.43. The highest BCUT2D eigenvalue weighted by molar-refractivity contribution is 5.79. The maximum atomic E-state index is 9.69. The molecular weight excluding hydrogens is 202 g/mol. The van der Waals surface area contributed by atoms with Crippen molar-refractivity contribution in [2.75, 3.05) is 0 Å². The van der Waals surface area contributed by atoms with Crippen molar-refractivity contribution in [3.05, 3.63) is 25.3 Å². The van der Waals surface area contributed by atoms with E-state index in [9.17, 15) is 18.4 Å². The summed E-state index contributed by atoms with van der Waals surface area (Å²) in [6, 6.07) is 0. The zero-order valence-corrected chi connectivity index (χ0v) is 6.94. The second-order valence-corrected chi connectivity index (χ2v) is 1.31. The van der Waals surface area contributed by atoms with Gasteiger partial charge < -0.3 is 10.2 Å². The van der Waals surface area contributed by atoms with Crippen molar-refractivity contribution in [1.29, 1.82) is 0 Å². The Bertz CT molecular complexity index is 202. The van der Waals surface area contributed by atoms with E-state index in [1.165, 1.54) is 0 Å². The molecule has 0 rings (SSSR count). The van der Waals surface area contributed by atoms with E-state index < -0.39 is 18.2 Å². The van der Waals surface area contributed by atoms with Crippen molar-refractivity contribution in [3.8, 4) is 0 Å². The molecule has 5 nitrogen and oxygen atoms in total. The Morgan fingerprint density at radius 1 is 0.929 bits per heavy atom. The zero-order chi connectivity index (χ0) is 12.1. The van der Waals surface area contributed by atoms with Crippen LogP contribution >= 0.6 is 0 Å². The number of carbonyl (C=O) groups is 3. The van der Waals surface area contributed by atoms with Crippen LogP contribution in [0.25, 0.3) is 0 Å². The average Bonchev–Trinajstić information content (AvgIpc) is 2.04. The summed E-state index contributed by atoms with van der Waals surface area (Å²) in [6.07, 6.45) is -1.17. The van der Waals surface area contributed by atoms with Crippen LogP contribution in [0.1, 0.15) is 0 Å². The molecule has 0 saturated carbocycles. The standard InChI is InChI=1S/2C3H4O2.CF2O/c2*1-2-3(4)5;2-1(3)4/h2*2H,1H2,(H,4,5);. The second kappa shape index (κ2) is 13.5. The van der Waals surface area contributed by atoms with Crippen LogP contribution in [0.2, 0.25) is 0 Å². The molecule has 0 saturated heterocycles. The van der Waals surface area contributed by atoms with Crippen LogP contribution in [0.4, 0.5) is 13.6 Å². The number of aliphatic carboxylic acids is 2. The zero-order valence-electron chi connectivity index (χ0n) is 6.94. The minimum atomic E-state index is -2.83. The first-order valence-electron chi connectivity index (χ1n) is 2.83. The topological polar surface area (TPSA) is 91.7 Å². The molecule has 14 heavy (non-hydrogen) atoms. The fraction of sp³-hybridized carbons (Fsp3) is 0. The van der Waals surface area contributed by atoms with Crippen molar-refractivity contribution >= 4 is 18.2 Å². The van der Waals surface area contributed by atoms with E-state index in [-0.39, 0.29) is 0 Å². The summed E-state index contributed by atoms with van der Waals surface area (Å²) in [5, 5.41) is 15.2. The third-order valence-corrected chi connectivity index (χ3v) is 0.349. The largest absolute Gasteiger partial charge is 0.483 e. The maximum Gasteiger partial charge on any atom is 0.483 e. The van der Waals surface area contributed by atoms with E-state index >= 15 is 0 Å². The SMILES string of the molecule is C=CC(=O)O.C=CC(=O)O.O=C(F)F. The van der Waals surface area contributed by atoms with Gasteiger partial charge in [-0.3, -0.25) is 0 Å². The van der Waals surface area contributed by atoms with Gasteiger partial charge in [0.2, 0.25) is 0 Å². The number of carboxylic acids is 2. The molecule has 0 aliphatic carbocycles. The van der Waals surface area contributed by atoms with Gasteiger partial charge >= 0.3 is 18.2 Å². The number of carbonyl (C=O) groups excluding carboxylic acids is 1. The summed E-state index contributed by atoms with van der Waals surface area (Å²) in [5.74, 6) is -1.96. The molecule has 80 valence electrons. The molecule has 0 spiro atoms. The van der Waals surface area contributed by atoms with E-state index in [4.69, 9.17) is 15.0 Å². The van der Waals surface area contributed by atoms with Gasteiger partial charge in [-0.2, -0.15) is 0 Å². The van der Waals surface area contributed by atoms with Crippen LogP contribution in [-0.4, -0.2) is 28.4 Å². The highest BCUT2D eigenvalue weighted by Crippen LogP contribution is 1.70. The molecule has 0 atom stereocenters. The van der Waals surface area contributed by atoms with Gasteiger partial charge in [-0.15, -0.1) is 8.78 Å². The number of hydrogen-bond donors (Lipinski definition) is 2. The van der Waals surface area contributed by atoms with Gasteiger partial charge in [0.15, 0.2) is 0 Å². The van der Waals surface area contributed by atoms with Crippen molar-refractivity contribution in [2.45, 2.75) is 0 Å². The van der Waals surface area contributed by atoms with Crippen molar-refractivity contribution in [1.82, 2.24) is 0 Å². The molecule has 0 fully saturated rings. The fourth-order valence-corrected chi connectivity index (χ4v) is 0. The van der Waals surface area contributed by atoms with Gasteiger partial charge in [0.1, 0.15) is 0 Å². The Morgan fingerprint density at radius 2 is 1.00 bits per heavy atom. The molecule has 0 aromatic heterocycles. The third-order valence-electron chi connectivity index (χ3n) is 0.349. The van der Waals surface area contributed by atoms with Gasteiger partial charge in [0.25, 0.3) is 0 Å². The predicted octanol–water partition coefficient (Wildman–Crippen LogP) is 1.56. The molecule has 0 aromatic rings. The van der Waals surface area contributed by atoms with Crippen molar-refractivity contribution in [3.63, 3.8) is 0 Å². The van der Waals surface area contributed by atoms with Gasteiger partial charge in [-0.25, -0.2) is 14.4 Å². The summed E-state index contributed by atoms with van der Waals surface area (Å²) in [6.45, 7) is 5.92. The summed E-state index contributed by atoms with van der Waals surface area (Å²) >= 11 is 0. The van der Waals surface area contributed by atoms with E-state index in [1.54, 1.807) is 0 Å². The monoisotopic (exact) mass is 210 g/mol. The molecule has 2 N–H and O–H groups in total. The number of hydrogen-bond acceptors (Lipinski definition) is 3. The lowest BCUT2D eigenvalue weighted by atomic mass is 10.7. The summed E-state index contributed by atoms with van der Waals surface area (Å²) in [5.41, 5.74) is 0. The lowest BCUT2D eigenvalue weighted by molar-refractivity contribution is -0.132. The molecular formula is C7H8F2O5. The van der Waals surface area contributed by atoms with Crippen LogP contribution in [0, 0.1) is 0 Å². The van der Waals surface area contributed by atoms with E-state index in [1.807, 2.05) is 0 Å². The molecule has 0 radical (unpaired) electrons. The van der Waals surface area contributed by atoms with Gasteiger partial charge in [-0.1, -0.05) is 13.2 Å². The van der Waals surface area contributed by atoms with E-state index in [2.05, 4.69) is 13.2 Å². The van der Waals surface area contributed by atoms with Gasteiger partial charge in [0, 0.05) is 12.2 Å². The highest BCUT2D eigenvalue weighted by Gasteiger charge is 1.78. The van der Waals surface area contributed by atoms with Crippen LogP contribution in [-0.2, 0) is 9.59 Å². The molecule has 0 aliphatic rings. The quantitative estimate of drug-likeness (QED) is 0.533. The summed E-state index contributed by atoms with van der Waals surface area (Å²) in [7, 11) is 0. The molecule has 0 amide bonds. The first-order valence-corrected chi connectivity index (χ1v) is 2.83. The second-order valence-electron chi connectivity index (χ2n) is 1.31. The van der Waals surface area contributed by atoms with Crippen LogP contribution in [0.3, 0.4) is 0 Å². The smallest absolute Gasteiger partial charge is 0.478 e. The first-order chi connectivity index (χ1) is 6.27. The van der Waals surface area contributed by atoms with Gasteiger partial charge in [-0.05, 0) is 0 Å². The molecule has 0 aliphatic heterocycles. The minimum absolute atomic E-state index is 0.833. The summed E-state index contributed by atoms with van der Waals surface area (Å²) in [4.78, 5) is 26.6. The Hall–Kier alpha value is -2.05. The number of rotatable bonds is 2. The Balaban J connectivity index is -0.000000131. The third kappa shape index (κ3) is 210. The van der Waals surface area contributed by atoms with E-state index in [0.29, 0.717) is 0 Å². The molecule has 0 bridgehead atoms.